The largest absolute Gasteiger partial charge is 0.485 e. The second kappa shape index (κ2) is 5.69. The van der Waals surface area contributed by atoms with Crippen LogP contribution in [0.2, 0.25) is 0 Å². The van der Waals surface area contributed by atoms with Crippen molar-refractivity contribution in [2.45, 2.75) is 38.0 Å². The Morgan fingerprint density at radius 2 is 1.94 bits per heavy atom. The number of ether oxygens (including phenoxy) is 1. The van der Waals surface area contributed by atoms with Crippen molar-refractivity contribution in [2.75, 3.05) is 0 Å². The zero-order valence-electron chi connectivity index (χ0n) is 9.33. The van der Waals surface area contributed by atoms with E-state index < -0.39 is 0 Å². The predicted molar refractivity (Wildman–Crippen MR) is 74.0 cm³/mol. The molecule has 1 aliphatic rings. The third-order valence-electron chi connectivity index (χ3n) is 2.98. The van der Waals surface area contributed by atoms with Crippen molar-refractivity contribution in [1.82, 2.24) is 0 Å². The van der Waals surface area contributed by atoms with Gasteiger partial charge in [-0.2, -0.15) is 0 Å². The van der Waals surface area contributed by atoms with Crippen LogP contribution in [0.15, 0.2) is 21.1 Å². The number of aliphatic hydroxyl groups excluding tert-OH is 1. The van der Waals surface area contributed by atoms with Crippen LogP contribution in [-0.2, 0) is 6.54 Å². The summed E-state index contributed by atoms with van der Waals surface area (Å²) in [5.41, 5.74) is 6.63. The fraction of sp³-hybridized carbons (Fsp3) is 0.500. The minimum atomic E-state index is -0.358. The minimum absolute atomic E-state index is 0.105. The Morgan fingerprint density at radius 1 is 1.29 bits per heavy atom. The van der Waals surface area contributed by atoms with Crippen LogP contribution in [0.25, 0.3) is 0 Å². The van der Waals surface area contributed by atoms with E-state index in [2.05, 4.69) is 31.9 Å². The molecule has 0 amide bonds. The molecule has 0 aromatic heterocycles. The Hall–Kier alpha value is -0.100. The lowest BCUT2D eigenvalue weighted by Crippen LogP contribution is -2.26. The number of hydrogen-bond donors (Lipinski definition) is 2. The third kappa shape index (κ3) is 3.02. The molecular weight excluding hydrogens is 350 g/mol. The normalized spacial score (nSPS) is 24.0. The van der Waals surface area contributed by atoms with E-state index in [1.807, 2.05) is 12.1 Å². The van der Waals surface area contributed by atoms with Gasteiger partial charge in [-0.1, -0.05) is 0 Å². The quantitative estimate of drug-likeness (QED) is 0.866. The van der Waals surface area contributed by atoms with E-state index in [0.717, 1.165) is 39.5 Å². The van der Waals surface area contributed by atoms with Gasteiger partial charge in [-0.05, 0) is 68.8 Å². The molecule has 0 saturated heterocycles. The highest BCUT2D eigenvalue weighted by Crippen LogP contribution is 2.37. The maximum atomic E-state index is 9.76. The van der Waals surface area contributed by atoms with Crippen LogP contribution in [0, 0.1) is 0 Å². The Bertz CT molecular complexity index is 388. The monoisotopic (exact) mass is 363 g/mol. The van der Waals surface area contributed by atoms with Crippen LogP contribution < -0.4 is 10.5 Å². The molecule has 1 aliphatic carbocycles. The number of benzene rings is 1. The molecule has 2 rings (SSSR count). The lowest BCUT2D eigenvalue weighted by atomic mass is 10.2. The smallest absolute Gasteiger partial charge is 0.148 e. The molecule has 5 heteroatoms. The minimum Gasteiger partial charge on any atom is -0.485 e. The van der Waals surface area contributed by atoms with Crippen molar-refractivity contribution < 1.29 is 9.84 Å². The van der Waals surface area contributed by atoms with Gasteiger partial charge in [-0.3, -0.25) is 0 Å². The Kier molecular flexibility index (Phi) is 4.47. The van der Waals surface area contributed by atoms with Crippen LogP contribution in [0.5, 0.6) is 5.75 Å². The van der Waals surface area contributed by atoms with Gasteiger partial charge >= 0.3 is 0 Å². The van der Waals surface area contributed by atoms with Gasteiger partial charge in [0.15, 0.2) is 0 Å². The van der Waals surface area contributed by atoms with Crippen LogP contribution in [0.1, 0.15) is 24.8 Å². The molecule has 1 aromatic carbocycles. The van der Waals surface area contributed by atoms with Crippen LogP contribution in [0.4, 0.5) is 0 Å². The highest BCUT2D eigenvalue weighted by Gasteiger charge is 2.28. The molecule has 1 fully saturated rings. The van der Waals surface area contributed by atoms with Gasteiger partial charge in [0.05, 0.1) is 15.0 Å². The second-order valence-corrected chi connectivity index (χ2v) is 5.96. The van der Waals surface area contributed by atoms with Gasteiger partial charge < -0.3 is 15.6 Å². The summed E-state index contributed by atoms with van der Waals surface area (Å²) in [5.74, 6) is 0.744. The van der Waals surface area contributed by atoms with E-state index in [4.69, 9.17) is 10.5 Å². The van der Waals surface area contributed by atoms with Gasteiger partial charge in [-0.15, -0.1) is 0 Å². The molecule has 0 bridgehead atoms. The van der Waals surface area contributed by atoms with Gasteiger partial charge in [-0.25, -0.2) is 0 Å². The molecule has 0 heterocycles. The Balaban J connectivity index is 2.20. The van der Waals surface area contributed by atoms with E-state index in [9.17, 15) is 5.11 Å². The van der Waals surface area contributed by atoms with Gasteiger partial charge in [0.2, 0.25) is 0 Å². The summed E-state index contributed by atoms with van der Waals surface area (Å²) in [4.78, 5) is 0. The van der Waals surface area contributed by atoms with Crippen LogP contribution >= 0.6 is 31.9 Å². The Labute approximate surface area is 118 Å². The number of halogens is 2. The summed E-state index contributed by atoms with van der Waals surface area (Å²) in [6, 6.07) is 3.89. The average Bonchev–Trinajstić information content (AvgIpc) is 2.69. The zero-order valence-corrected chi connectivity index (χ0v) is 12.5. The summed E-state index contributed by atoms with van der Waals surface area (Å²) in [7, 11) is 0. The number of aliphatic hydroxyl groups is 1. The predicted octanol–water partition coefficient (Wildman–Crippen LogP) is 2.96. The molecule has 94 valence electrons. The molecule has 3 nitrogen and oxygen atoms in total. The van der Waals surface area contributed by atoms with Crippen molar-refractivity contribution in [3.05, 3.63) is 26.6 Å². The first kappa shape index (κ1) is 13.3. The zero-order chi connectivity index (χ0) is 12.4. The highest BCUT2D eigenvalue weighted by molar-refractivity contribution is 9.11. The summed E-state index contributed by atoms with van der Waals surface area (Å²) in [5, 5.41) is 9.76. The molecule has 17 heavy (non-hydrogen) atoms. The summed E-state index contributed by atoms with van der Waals surface area (Å²) in [6.07, 6.45) is 2.27. The molecule has 2 atom stereocenters. The maximum Gasteiger partial charge on any atom is 0.148 e. The fourth-order valence-corrected chi connectivity index (χ4v) is 3.51. The third-order valence-corrected chi connectivity index (χ3v) is 4.16. The summed E-state index contributed by atoms with van der Waals surface area (Å²) in [6.45, 7) is 0.490. The van der Waals surface area contributed by atoms with Gasteiger partial charge in [0, 0.05) is 6.54 Å². The van der Waals surface area contributed by atoms with Gasteiger partial charge in [0.25, 0.3) is 0 Å². The number of nitrogens with two attached hydrogens (primary N) is 1. The van der Waals surface area contributed by atoms with Crippen molar-refractivity contribution in [3.8, 4) is 5.75 Å². The molecule has 2 unspecified atom stereocenters. The number of rotatable bonds is 3. The van der Waals surface area contributed by atoms with E-state index in [0.29, 0.717) is 6.54 Å². The molecule has 3 N–H and O–H groups in total. The van der Waals surface area contributed by atoms with Crippen molar-refractivity contribution in [2.24, 2.45) is 5.73 Å². The lowest BCUT2D eigenvalue weighted by Gasteiger charge is -2.19. The standard InChI is InChI=1S/C12H15Br2NO2/c13-8-4-7(6-15)5-9(14)12(8)17-11-3-1-2-10(11)16/h4-5,10-11,16H,1-3,6,15H2. The molecular formula is C12H15Br2NO2. The molecule has 1 aromatic rings. The SMILES string of the molecule is NCc1cc(Br)c(OC2CCCC2O)c(Br)c1. The van der Waals surface area contributed by atoms with Crippen molar-refractivity contribution >= 4 is 31.9 Å². The molecule has 0 aliphatic heterocycles. The maximum absolute atomic E-state index is 9.76. The van der Waals surface area contributed by atoms with Crippen LogP contribution in [0.3, 0.4) is 0 Å². The fourth-order valence-electron chi connectivity index (χ4n) is 2.04. The average molecular weight is 365 g/mol. The summed E-state index contributed by atoms with van der Waals surface area (Å²) < 4.78 is 7.60. The Morgan fingerprint density at radius 3 is 2.41 bits per heavy atom. The second-order valence-electron chi connectivity index (χ2n) is 4.25. The lowest BCUT2D eigenvalue weighted by molar-refractivity contribution is 0.0594. The van der Waals surface area contributed by atoms with Gasteiger partial charge in [0.1, 0.15) is 11.9 Å². The van der Waals surface area contributed by atoms with Crippen molar-refractivity contribution in [3.63, 3.8) is 0 Å². The number of hydrogen-bond acceptors (Lipinski definition) is 3. The van der Waals surface area contributed by atoms with E-state index in [1.165, 1.54) is 0 Å². The van der Waals surface area contributed by atoms with E-state index >= 15 is 0 Å². The molecule has 1 saturated carbocycles. The first-order chi connectivity index (χ1) is 8.11. The molecule has 0 spiro atoms. The topological polar surface area (TPSA) is 55.5 Å². The first-order valence-electron chi connectivity index (χ1n) is 5.64. The summed E-state index contributed by atoms with van der Waals surface area (Å²) >= 11 is 6.95. The highest BCUT2D eigenvalue weighted by atomic mass is 79.9. The van der Waals surface area contributed by atoms with E-state index in [1.54, 1.807) is 0 Å². The first-order valence-corrected chi connectivity index (χ1v) is 7.23. The van der Waals surface area contributed by atoms with Crippen LogP contribution in [-0.4, -0.2) is 17.3 Å². The van der Waals surface area contributed by atoms with Crippen molar-refractivity contribution in [1.29, 1.82) is 0 Å². The van der Waals surface area contributed by atoms with E-state index in [-0.39, 0.29) is 12.2 Å². The molecule has 0 radical (unpaired) electrons.